The number of pyridine rings is 1. The lowest BCUT2D eigenvalue weighted by Crippen LogP contribution is -2.25. The molecule has 74 valence electrons. The van der Waals surface area contributed by atoms with E-state index in [-0.39, 0.29) is 17.2 Å². The summed E-state index contributed by atoms with van der Waals surface area (Å²) < 4.78 is 1.62. The molecule has 1 heterocycles. The van der Waals surface area contributed by atoms with Crippen molar-refractivity contribution in [2.24, 2.45) is 0 Å². The van der Waals surface area contributed by atoms with Crippen molar-refractivity contribution in [1.29, 1.82) is 5.26 Å². The quantitative estimate of drug-likeness (QED) is 0.716. The highest BCUT2D eigenvalue weighted by atomic mass is 16.1. The highest BCUT2D eigenvalue weighted by Gasteiger charge is 2.09. The van der Waals surface area contributed by atoms with Gasteiger partial charge in [-0.05, 0) is 31.9 Å². The fourth-order valence-corrected chi connectivity index (χ4v) is 1.32. The molecule has 0 aliphatic heterocycles. The number of nitriles is 1. The average Bonchev–Trinajstić information content (AvgIpc) is 2.18. The second-order valence-electron chi connectivity index (χ2n) is 3.46. The maximum atomic E-state index is 11.8. The third-order valence-corrected chi connectivity index (χ3v) is 2.51. The van der Waals surface area contributed by atoms with Gasteiger partial charge in [0.1, 0.15) is 11.6 Å². The van der Waals surface area contributed by atoms with Crippen molar-refractivity contribution in [2.45, 2.75) is 33.2 Å². The van der Waals surface area contributed by atoms with Crippen molar-refractivity contribution < 1.29 is 0 Å². The van der Waals surface area contributed by atoms with Crippen molar-refractivity contribution in [3.05, 3.63) is 33.7 Å². The van der Waals surface area contributed by atoms with Gasteiger partial charge in [0.15, 0.2) is 0 Å². The van der Waals surface area contributed by atoms with Crippen LogP contribution in [0.5, 0.6) is 0 Å². The van der Waals surface area contributed by atoms with Crippen LogP contribution >= 0.6 is 0 Å². The van der Waals surface area contributed by atoms with Crippen LogP contribution in [0.25, 0.3) is 0 Å². The van der Waals surface area contributed by atoms with E-state index in [1.807, 2.05) is 26.0 Å². The zero-order chi connectivity index (χ0) is 10.7. The lowest BCUT2D eigenvalue weighted by molar-refractivity contribution is 0.513. The minimum atomic E-state index is -0.179. The van der Waals surface area contributed by atoms with Gasteiger partial charge in [-0.25, -0.2) is 0 Å². The van der Waals surface area contributed by atoms with E-state index in [1.54, 1.807) is 17.7 Å². The van der Waals surface area contributed by atoms with Gasteiger partial charge < -0.3 is 4.57 Å². The molecule has 0 fully saturated rings. The summed E-state index contributed by atoms with van der Waals surface area (Å²) in [5.74, 6) is 0. The molecule has 14 heavy (non-hydrogen) atoms. The molecule has 0 aromatic carbocycles. The standard InChI is InChI=1S/C11H14N2O/c1-4-9(3)13-6-5-8(2)10(7-12)11(13)14/h5-6,9H,4H2,1-3H3. The van der Waals surface area contributed by atoms with Gasteiger partial charge in [0.25, 0.3) is 5.56 Å². The highest BCUT2D eigenvalue weighted by molar-refractivity contribution is 5.34. The van der Waals surface area contributed by atoms with Gasteiger partial charge in [-0.15, -0.1) is 0 Å². The minimum absolute atomic E-state index is 0.148. The number of nitrogens with zero attached hydrogens (tertiary/aromatic N) is 2. The van der Waals surface area contributed by atoms with E-state index in [1.165, 1.54) is 0 Å². The van der Waals surface area contributed by atoms with Crippen LogP contribution < -0.4 is 5.56 Å². The molecule has 0 radical (unpaired) electrons. The average molecular weight is 190 g/mol. The summed E-state index contributed by atoms with van der Waals surface area (Å²) in [6.07, 6.45) is 2.64. The predicted octanol–water partition coefficient (Wildman–Crippen LogP) is 2.00. The second-order valence-corrected chi connectivity index (χ2v) is 3.46. The molecule has 1 unspecified atom stereocenters. The molecule has 3 nitrogen and oxygen atoms in total. The van der Waals surface area contributed by atoms with Gasteiger partial charge in [-0.2, -0.15) is 5.26 Å². The summed E-state index contributed by atoms with van der Waals surface area (Å²) in [5.41, 5.74) is 0.826. The smallest absolute Gasteiger partial charge is 0.268 e. The molecule has 0 amide bonds. The van der Waals surface area contributed by atoms with Crippen molar-refractivity contribution in [2.75, 3.05) is 0 Å². The van der Waals surface area contributed by atoms with Gasteiger partial charge in [0.05, 0.1) is 0 Å². The zero-order valence-corrected chi connectivity index (χ0v) is 8.74. The van der Waals surface area contributed by atoms with Gasteiger partial charge in [-0.1, -0.05) is 6.92 Å². The van der Waals surface area contributed by atoms with E-state index in [0.29, 0.717) is 0 Å². The molecule has 1 rings (SSSR count). The Hall–Kier alpha value is -1.56. The van der Waals surface area contributed by atoms with Crippen LogP contribution in [0.2, 0.25) is 0 Å². The Labute approximate surface area is 83.6 Å². The van der Waals surface area contributed by atoms with Crippen molar-refractivity contribution in [1.82, 2.24) is 4.57 Å². The van der Waals surface area contributed by atoms with E-state index >= 15 is 0 Å². The molecular formula is C11H14N2O. The third kappa shape index (κ3) is 1.69. The van der Waals surface area contributed by atoms with E-state index in [4.69, 9.17) is 5.26 Å². The minimum Gasteiger partial charge on any atom is -0.312 e. The molecule has 1 atom stereocenters. The zero-order valence-electron chi connectivity index (χ0n) is 8.74. The van der Waals surface area contributed by atoms with Crippen molar-refractivity contribution in [3.8, 4) is 6.07 Å². The second kappa shape index (κ2) is 4.10. The molecule has 3 heteroatoms. The summed E-state index contributed by atoms with van der Waals surface area (Å²) in [6, 6.07) is 3.91. The number of aryl methyl sites for hydroxylation is 1. The molecule has 1 aromatic heterocycles. The van der Waals surface area contributed by atoms with E-state index in [0.717, 1.165) is 12.0 Å². The Balaban J connectivity index is 3.38. The van der Waals surface area contributed by atoms with Crippen LogP contribution in [0.3, 0.4) is 0 Å². The topological polar surface area (TPSA) is 45.8 Å². The van der Waals surface area contributed by atoms with Crippen LogP contribution in [0.1, 0.15) is 37.4 Å². The molecule has 1 aromatic rings. The number of hydrogen-bond donors (Lipinski definition) is 0. The number of aromatic nitrogens is 1. The third-order valence-electron chi connectivity index (χ3n) is 2.51. The molecule has 0 aliphatic rings. The first kappa shape index (κ1) is 10.5. The van der Waals surface area contributed by atoms with Gasteiger partial charge >= 0.3 is 0 Å². The summed E-state index contributed by atoms with van der Waals surface area (Å²) in [5, 5.41) is 8.81. The van der Waals surface area contributed by atoms with Gasteiger partial charge in [0, 0.05) is 12.2 Å². The summed E-state index contributed by atoms with van der Waals surface area (Å²) >= 11 is 0. The summed E-state index contributed by atoms with van der Waals surface area (Å²) in [7, 11) is 0. The van der Waals surface area contributed by atoms with Crippen LogP contribution in [0, 0.1) is 18.3 Å². The summed E-state index contributed by atoms with van der Waals surface area (Å²) in [6.45, 7) is 5.77. The fraction of sp³-hybridized carbons (Fsp3) is 0.455. The van der Waals surface area contributed by atoms with E-state index < -0.39 is 0 Å². The van der Waals surface area contributed by atoms with Crippen LogP contribution in [0.15, 0.2) is 17.1 Å². The molecule has 0 N–H and O–H groups in total. The Kier molecular flexibility index (Phi) is 3.08. The molecule has 0 saturated heterocycles. The number of hydrogen-bond acceptors (Lipinski definition) is 2. The SMILES string of the molecule is CCC(C)n1ccc(C)c(C#N)c1=O. The predicted molar refractivity (Wildman–Crippen MR) is 55.2 cm³/mol. The first-order valence-electron chi connectivity index (χ1n) is 4.73. The fourth-order valence-electron chi connectivity index (χ4n) is 1.32. The van der Waals surface area contributed by atoms with Crippen LogP contribution in [0.4, 0.5) is 0 Å². The normalized spacial score (nSPS) is 12.1. The van der Waals surface area contributed by atoms with Crippen LogP contribution in [-0.2, 0) is 0 Å². The number of rotatable bonds is 2. The largest absolute Gasteiger partial charge is 0.312 e. The van der Waals surface area contributed by atoms with Gasteiger partial charge in [0.2, 0.25) is 0 Å². The summed E-state index contributed by atoms with van der Waals surface area (Å²) in [4.78, 5) is 11.8. The van der Waals surface area contributed by atoms with E-state index in [2.05, 4.69) is 0 Å². The van der Waals surface area contributed by atoms with Crippen molar-refractivity contribution in [3.63, 3.8) is 0 Å². The Morgan fingerprint density at radius 1 is 1.64 bits per heavy atom. The lowest BCUT2D eigenvalue weighted by Gasteiger charge is -2.13. The molecule has 0 saturated carbocycles. The Morgan fingerprint density at radius 3 is 2.79 bits per heavy atom. The van der Waals surface area contributed by atoms with Crippen molar-refractivity contribution >= 4 is 0 Å². The van der Waals surface area contributed by atoms with Crippen LogP contribution in [-0.4, -0.2) is 4.57 Å². The maximum Gasteiger partial charge on any atom is 0.268 e. The Bertz CT molecular complexity index is 426. The molecule has 0 spiro atoms. The monoisotopic (exact) mass is 190 g/mol. The Morgan fingerprint density at radius 2 is 2.29 bits per heavy atom. The molecule has 0 aliphatic carbocycles. The first-order chi connectivity index (χ1) is 6.61. The van der Waals surface area contributed by atoms with E-state index in [9.17, 15) is 4.79 Å². The van der Waals surface area contributed by atoms with Gasteiger partial charge in [-0.3, -0.25) is 4.79 Å². The lowest BCUT2D eigenvalue weighted by atomic mass is 10.1. The first-order valence-corrected chi connectivity index (χ1v) is 4.73. The highest BCUT2D eigenvalue weighted by Crippen LogP contribution is 2.08. The molecule has 0 bridgehead atoms. The maximum absolute atomic E-state index is 11.8. The molecular weight excluding hydrogens is 176 g/mol.